The minimum atomic E-state index is -0.894. The second-order valence-corrected chi connectivity index (χ2v) is 7.01. The van der Waals surface area contributed by atoms with E-state index in [1.54, 1.807) is 18.2 Å². The quantitative estimate of drug-likeness (QED) is 0.539. The fourth-order valence-corrected chi connectivity index (χ4v) is 2.37. The highest BCUT2D eigenvalue weighted by molar-refractivity contribution is 5.98. The molecule has 0 radical (unpaired) electrons. The Morgan fingerprint density at radius 3 is 2.43 bits per heavy atom. The summed E-state index contributed by atoms with van der Waals surface area (Å²) in [4.78, 5) is 36.4. The summed E-state index contributed by atoms with van der Waals surface area (Å²) in [6, 6.07) is 6.88. The highest BCUT2D eigenvalue weighted by Gasteiger charge is 2.19. The van der Waals surface area contributed by atoms with Crippen molar-refractivity contribution in [2.24, 2.45) is 5.92 Å². The van der Waals surface area contributed by atoms with Gasteiger partial charge in [-0.15, -0.1) is 0 Å². The van der Waals surface area contributed by atoms with Gasteiger partial charge in [-0.3, -0.25) is 25.2 Å². The molecule has 0 saturated heterocycles. The third-order valence-electron chi connectivity index (χ3n) is 4.16. The lowest BCUT2D eigenvalue weighted by molar-refractivity contribution is -0.123. The van der Waals surface area contributed by atoms with Crippen molar-refractivity contribution in [1.82, 2.24) is 16.2 Å². The topological polar surface area (TPSA) is 119 Å². The lowest BCUT2D eigenvalue weighted by atomic mass is 10.1. The van der Waals surface area contributed by atoms with Crippen molar-refractivity contribution in [1.29, 1.82) is 0 Å². The second-order valence-electron chi connectivity index (χ2n) is 7.01. The molecule has 1 heterocycles. The fourth-order valence-electron chi connectivity index (χ4n) is 2.37. The van der Waals surface area contributed by atoms with Crippen molar-refractivity contribution >= 4 is 17.7 Å². The lowest BCUT2D eigenvalue weighted by Crippen LogP contribution is -2.51. The monoisotopic (exact) mass is 417 g/mol. The standard InChI is InChI=1S/C21H27N3O6/c1-13(2)9-11-30-16-8-7-15(12-18(16)28-4)20(26)24-23-19(25)14(3)22-21(27)17-6-5-10-29-17/h5-8,10,12-14H,9,11H2,1-4H3,(H,22,27)(H,23,25)(H,24,26)/t14-/m0/s1. The van der Waals surface area contributed by atoms with E-state index in [0.29, 0.717) is 24.0 Å². The number of hydrazine groups is 1. The first-order valence-corrected chi connectivity index (χ1v) is 9.57. The first-order valence-electron chi connectivity index (χ1n) is 9.57. The molecule has 0 unspecified atom stereocenters. The fraction of sp³-hybridized carbons (Fsp3) is 0.381. The Balaban J connectivity index is 1.88. The Morgan fingerprint density at radius 2 is 1.80 bits per heavy atom. The third-order valence-corrected chi connectivity index (χ3v) is 4.16. The minimum Gasteiger partial charge on any atom is -0.493 e. The number of ether oxygens (including phenoxy) is 2. The average Bonchev–Trinajstić information content (AvgIpc) is 3.26. The smallest absolute Gasteiger partial charge is 0.287 e. The molecule has 9 heteroatoms. The maximum atomic E-state index is 12.3. The molecule has 0 spiro atoms. The number of carbonyl (C=O) groups is 3. The Hall–Kier alpha value is -3.49. The molecule has 0 aliphatic carbocycles. The third kappa shape index (κ3) is 6.54. The van der Waals surface area contributed by atoms with Crippen LogP contribution in [-0.4, -0.2) is 37.5 Å². The molecule has 9 nitrogen and oxygen atoms in total. The van der Waals surface area contributed by atoms with Crippen molar-refractivity contribution in [3.8, 4) is 11.5 Å². The largest absolute Gasteiger partial charge is 0.493 e. The van der Waals surface area contributed by atoms with Crippen LogP contribution in [0.1, 0.15) is 48.1 Å². The van der Waals surface area contributed by atoms with Crippen LogP contribution in [0.4, 0.5) is 0 Å². The molecular formula is C21H27N3O6. The first-order chi connectivity index (χ1) is 14.3. The summed E-state index contributed by atoms with van der Waals surface area (Å²) < 4.78 is 15.9. The first kappa shape index (κ1) is 22.8. The molecule has 162 valence electrons. The SMILES string of the molecule is COc1cc(C(=O)NNC(=O)[C@H](C)NC(=O)c2ccco2)ccc1OCCC(C)C. The number of benzene rings is 1. The molecule has 0 fully saturated rings. The highest BCUT2D eigenvalue weighted by atomic mass is 16.5. The molecular weight excluding hydrogens is 390 g/mol. The van der Waals surface area contributed by atoms with Crippen LogP contribution in [0.2, 0.25) is 0 Å². The van der Waals surface area contributed by atoms with Crippen molar-refractivity contribution < 1.29 is 28.3 Å². The summed E-state index contributed by atoms with van der Waals surface area (Å²) in [5.74, 6) is -0.127. The van der Waals surface area contributed by atoms with Crippen LogP contribution < -0.4 is 25.6 Å². The van der Waals surface area contributed by atoms with Gasteiger partial charge in [0.2, 0.25) is 0 Å². The van der Waals surface area contributed by atoms with Gasteiger partial charge in [0.25, 0.3) is 17.7 Å². The lowest BCUT2D eigenvalue weighted by Gasteiger charge is -2.15. The maximum Gasteiger partial charge on any atom is 0.287 e. The molecule has 0 bridgehead atoms. The highest BCUT2D eigenvalue weighted by Crippen LogP contribution is 2.28. The van der Waals surface area contributed by atoms with E-state index in [0.717, 1.165) is 6.42 Å². The van der Waals surface area contributed by atoms with Crippen molar-refractivity contribution in [2.45, 2.75) is 33.2 Å². The van der Waals surface area contributed by atoms with Crippen LogP contribution in [0.25, 0.3) is 0 Å². The molecule has 3 amide bonds. The van der Waals surface area contributed by atoms with E-state index in [9.17, 15) is 14.4 Å². The summed E-state index contributed by atoms with van der Waals surface area (Å²) in [7, 11) is 1.48. The van der Waals surface area contributed by atoms with Gasteiger partial charge in [0.1, 0.15) is 6.04 Å². The Kier molecular flexibility index (Phi) is 8.28. The molecule has 3 N–H and O–H groups in total. The second kappa shape index (κ2) is 10.9. The number of hydrogen-bond donors (Lipinski definition) is 3. The average molecular weight is 417 g/mol. The summed E-state index contributed by atoms with van der Waals surface area (Å²) in [6.45, 7) is 6.23. The Morgan fingerprint density at radius 1 is 1.03 bits per heavy atom. The number of nitrogens with one attached hydrogen (secondary N) is 3. The molecule has 2 rings (SSSR count). The van der Waals surface area contributed by atoms with Gasteiger partial charge in [-0.2, -0.15) is 0 Å². The van der Waals surface area contributed by atoms with Crippen LogP contribution >= 0.6 is 0 Å². The van der Waals surface area contributed by atoms with E-state index in [2.05, 4.69) is 30.0 Å². The summed E-state index contributed by atoms with van der Waals surface area (Å²) in [6.07, 6.45) is 2.25. The molecule has 30 heavy (non-hydrogen) atoms. The van der Waals surface area contributed by atoms with Crippen LogP contribution in [0.15, 0.2) is 41.0 Å². The van der Waals surface area contributed by atoms with E-state index in [1.165, 1.54) is 32.4 Å². The van der Waals surface area contributed by atoms with E-state index in [4.69, 9.17) is 13.9 Å². The molecule has 0 aliphatic heterocycles. The van der Waals surface area contributed by atoms with Crippen molar-refractivity contribution in [2.75, 3.05) is 13.7 Å². The number of carbonyl (C=O) groups excluding carboxylic acids is 3. The van der Waals surface area contributed by atoms with Gasteiger partial charge in [-0.25, -0.2) is 0 Å². The number of amides is 3. The Bertz CT molecular complexity index is 864. The van der Waals surface area contributed by atoms with Crippen LogP contribution in [0.3, 0.4) is 0 Å². The minimum absolute atomic E-state index is 0.0847. The summed E-state index contributed by atoms with van der Waals surface area (Å²) in [5, 5.41) is 2.47. The van der Waals surface area contributed by atoms with Gasteiger partial charge < -0.3 is 19.2 Å². The van der Waals surface area contributed by atoms with E-state index in [-0.39, 0.29) is 11.3 Å². The molecule has 2 aromatic rings. The van der Waals surface area contributed by atoms with E-state index in [1.807, 2.05) is 0 Å². The number of methoxy groups -OCH3 is 1. The van der Waals surface area contributed by atoms with Crippen LogP contribution in [0.5, 0.6) is 11.5 Å². The van der Waals surface area contributed by atoms with Crippen LogP contribution in [0, 0.1) is 5.92 Å². The van der Waals surface area contributed by atoms with Gasteiger partial charge in [0.05, 0.1) is 20.0 Å². The van der Waals surface area contributed by atoms with Gasteiger partial charge in [-0.1, -0.05) is 13.8 Å². The van der Waals surface area contributed by atoms with Gasteiger partial charge in [-0.05, 0) is 49.6 Å². The molecule has 0 saturated carbocycles. The van der Waals surface area contributed by atoms with E-state index >= 15 is 0 Å². The van der Waals surface area contributed by atoms with Gasteiger partial charge in [0.15, 0.2) is 17.3 Å². The van der Waals surface area contributed by atoms with Gasteiger partial charge in [0, 0.05) is 5.56 Å². The zero-order valence-electron chi connectivity index (χ0n) is 17.5. The Labute approximate surface area is 175 Å². The molecule has 0 aliphatic rings. The summed E-state index contributed by atoms with van der Waals surface area (Å²) >= 11 is 0. The maximum absolute atomic E-state index is 12.3. The van der Waals surface area contributed by atoms with E-state index < -0.39 is 23.8 Å². The number of furan rings is 1. The van der Waals surface area contributed by atoms with Gasteiger partial charge >= 0.3 is 0 Å². The predicted octanol–water partition coefficient (Wildman–Crippen LogP) is 2.29. The predicted molar refractivity (Wildman–Crippen MR) is 109 cm³/mol. The van der Waals surface area contributed by atoms with Crippen molar-refractivity contribution in [3.63, 3.8) is 0 Å². The molecule has 1 aromatic heterocycles. The van der Waals surface area contributed by atoms with Crippen LogP contribution in [-0.2, 0) is 4.79 Å². The molecule has 1 atom stereocenters. The van der Waals surface area contributed by atoms with Crippen molar-refractivity contribution in [3.05, 3.63) is 47.9 Å². The zero-order valence-corrected chi connectivity index (χ0v) is 17.5. The summed E-state index contributed by atoms with van der Waals surface area (Å²) in [5.41, 5.74) is 4.85. The normalized spacial score (nSPS) is 11.5. The molecule has 1 aromatic carbocycles. The zero-order chi connectivity index (χ0) is 22.1. The number of rotatable bonds is 9. The number of hydrogen-bond acceptors (Lipinski definition) is 6.